The molecular formula is C13H15FO3. The molecule has 0 radical (unpaired) electrons. The van der Waals surface area contributed by atoms with Crippen LogP contribution < -0.4 is 0 Å². The molecule has 0 N–H and O–H groups in total. The Morgan fingerprint density at radius 1 is 1.59 bits per heavy atom. The molecule has 1 fully saturated rings. The van der Waals surface area contributed by atoms with Crippen molar-refractivity contribution in [1.82, 2.24) is 0 Å². The van der Waals surface area contributed by atoms with E-state index in [-0.39, 0.29) is 11.5 Å². The average Bonchev–Trinajstić information content (AvgIpc) is 2.82. The van der Waals surface area contributed by atoms with Crippen LogP contribution in [0.1, 0.15) is 22.3 Å². The summed E-state index contributed by atoms with van der Waals surface area (Å²) in [6, 6.07) is 4.71. The molecule has 4 heteroatoms. The van der Waals surface area contributed by atoms with E-state index in [0.717, 1.165) is 6.42 Å². The summed E-state index contributed by atoms with van der Waals surface area (Å²) in [5, 5.41) is 0. The van der Waals surface area contributed by atoms with Crippen molar-refractivity contribution in [1.29, 1.82) is 0 Å². The maximum absolute atomic E-state index is 13.6. The van der Waals surface area contributed by atoms with Crippen molar-refractivity contribution in [3.63, 3.8) is 0 Å². The molecule has 92 valence electrons. The van der Waals surface area contributed by atoms with Crippen LogP contribution >= 0.6 is 0 Å². The summed E-state index contributed by atoms with van der Waals surface area (Å²) in [7, 11) is 0. The fourth-order valence-corrected chi connectivity index (χ4v) is 1.79. The van der Waals surface area contributed by atoms with Gasteiger partial charge in [0, 0.05) is 12.5 Å². The lowest BCUT2D eigenvalue weighted by molar-refractivity contribution is 0.0423. The van der Waals surface area contributed by atoms with Gasteiger partial charge in [0.1, 0.15) is 5.82 Å². The molecule has 0 spiro atoms. The fourth-order valence-electron chi connectivity index (χ4n) is 1.79. The molecule has 17 heavy (non-hydrogen) atoms. The highest BCUT2D eigenvalue weighted by molar-refractivity contribution is 5.89. The Kier molecular flexibility index (Phi) is 3.74. The number of carbonyl (C=O) groups is 1. The quantitative estimate of drug-likeness (QED) is 0.758. The first-order valence-corrected chi connectivity index (χ1v) is 5.68. The van der Waals surface area contributed by atoms with E-state index in [1.165, 1.54) is 6.07 Å². The van der Waals surface area contributed by atoms with Crippen molar-refractivity contribution in [2.24, 2.45) is 5.92 Å². The van der Waals surface area contributed by atoms with Crippen molar-refractivity contribution in [2.45, 2.75) is 13.3 Å². The Morgan fingerprint density at radius 2 is 2.41 bits per heavy atom. The number of hydrogen-bond acceptors (Lipinski definition) is 3. The lowest BCUT2D eigenvalue weighted by Crippen LogP contribution is -2.15. The van der Waals surface area contributed by atoms with Crippen LogP contribution in [0.5, 0.6) is 0 Å². The van der Waals surface area contributed by atoms with Crippen LogP contribution in [-0.2, 0) is 9.47 Å². The summed E-state index contributed by atoms with van der Waals surface area (Å²) >= 11 is 0. The van der Waals surface area contributed by atoms with Crippen molar-refractivity contribution < 1.29 is 18.7 Å². The maximum Gasteiger partial charge on any atom is 0.341 e. The van der Waals surface area contributed by atoms with Gasteiger partial charge in [0.05, 0.1) is 18.8 Å². The Bertz CT molecular complexity index is 411. The minimum atomic E-state index is -0.599. The molecule has 2 rings (SSSR count). The van der Waals surface area contributed by atoms with Crippen molar-refractivity contribution >= 4 is 5.97 Å². The number of rotatable bonds is 3. The molecule has 1 saturated heterocycles. The molecule has 1 unspecified atom stereocenters. The number of ether oxygens (including phenoxy) is 2. The lowest BCUT2D eigenvalue weighted by Gasteiger charge is -2.09. The number of halogens is 1. The van der Waals surface area contributed by atoms with Crippen LogP contribution in [0.2, 0.25) is 0 Å². The second kappa shape index (κ2) is 5.27. The average molecular weight is 238 g/mol. The third-order valence-corrected chi connectivity index (χ3v) is 2.89. The van der Waals surface area contributed by atoms with E-state index in [9.17, 15) is 9.18 Å². The predicted molar refractivity (Wildman–Crippen MR) is 60.3 cm³/mol. The van der Waals surface area contributed by atoms with Crippen LogP contribution in [-0.4, -0.2) is 25.8 Å². The molecule has 1 aromatic carbocycles. The predicted octanol–water partition coefficient (Wildman–Crippen LogP) is 2.33. The first-order valence-electron chi connectivity index (χ1n) is 5.68. The van der Waals surface area contributed by atoms with Gasteiger partial charge in [-0.25, -0.2) is 9.18 Å². The summed E-state index contributed by atoms with van der Waals surface area (Å²) < 4.78 is 23.9. The summed E-state index contributed by atoms with van der Waals surface area (Å²) in [4.78, 5) is 11.7. The number of esters is 1. The van der Waals surface area contributed by atoms with E-state index in [2.05, 4.69) is 0 Å². The van der Waals surface area contributed by atoms with Gasteiger partial charge in [-0.1, -0.05) is 12.1 Å². The first kappa shape index (κ1) is 12.0. The topological polar surface area (TPSA) is 35.5 Å². The third-order valence-electron chi connectivity index (χ3n) is 2.89. The molecule has 1 heterocycles. The van der Waals surface area contributed by atoms with Crippen LogP contribution in [0.3, 0.4) is 0 Å². The number of benzene rings is 1. The van der Waals surface area contributed by atoms with Crippen molar-refractivity contribution in [3.05, 3.63) is 35.1 Å². The number of carbonyl (C=O) groups excluding carboxylic acids is 1. The molecule has 1 aliphatic rings. The summed E-state index contributed by atoms with van der Waals surface area (Å²) in [6.45, 7) is 3.24. The molecule has 0 aliphatic carbocycles. The molecule has 0 saturated carbocycles. The largest absolute Gasteiger partial charge is 0.462 e. The number of hydrogen-bond donors (Lipinski definition) is 0. The molecule has 0 aromatic heterocycles. The zero-order valence-corrected chi connectivity index (χ0v) is 9.74. The zero-order chi connectivity index (χ0) is 12.3. The summed E-state index contributed by atoms with van der Waals surface area (Å²) in [5.41, 5.74) is 0.451. The van der Waals surface area contributed by atoms with Crippen LogP contribution in [0.15, 0.2) is 18.2 Å². The highest BCUT2D eigenvalue weighted by Gasteiger charge is 2.20. The highest BCUT2D eigenvalue weighted by Crippen LogP contribution is 2.16. The minimum absolute atomic E-state index is 0.00363. The first-order chi connectivity index (χ1) is 8.18. The normalized spacial score (nSPS) is 19.3. The fraction of sp³-hybridized carbons (Fsp3) is 0.462. The molecular weight excluding hydrogens is 223 g/mol. The van der Waals surface area contributed by atoms with E-state index in [4.69, 9.17) is 9.47 Å². The van der Waals surface area contributed by atoms with Crippen molar-refractivity contribution in [2.75, 3.05) is 19.8 Å². The molecule has 3 nitrogen and oxygen atoms in total. The van der Waals surface area contributed by atoms with E-state index >= 15 is 0 Å². The van der Waals surface area contributed by atoms with Gasteiger partial charge in [0.2, 0.25) is 0 Å². The maximum atomic E-state index is 13.6. The second-order valence-electron chi connectivity index (χ2n) is 4.26. The van der Waals surface area contributed by atoms with Crippen molar-refractivity contribution in [3.8, 4) is 0 Å². The Balaban J connectivity index is 1.97. The van der Waals surface area contributed by atoms with Gasteiger partial charge >= 0.3 is 5.97 Å². The third kappa shape index (κ3) is 2.82. The molecule has 0 bridgehead atoms. The monoisotopic (exact) mass is 238 g/mol. The van der Waals surface area contributed by atoms with Gasteiger partial charge < -0.3 is 9.47 Å². The van der Waals surface area contributed by atoms with E-state index in [1.54, 1.807) is 19.1 Å². The van der Waals surface area contributed by atoms with E-state index in [1.807, 2.05) is 0 Å². The van der Waals surface area contributed by atoms with Gasteiger partial charge in [0.15, 0.2) is 0 Å². The smallest absolute Gasteiger partial charge is 0.341 e. The van der Waals surface area contributed by atoms with Crippen LogP contribution in [0.25, 0.3) is 0 Å². The second-order valence-corrected chi connectivity index (χ2v) is 4.26. The number of aryl methyl sites for hydroxylation is 1. The molecule has 1 atom stereocenters. The Hall–Kier alpha value is -1.42. The van der Waals surface area contributed by atoms with Gasteiger partial charge in [-0.2, -0.15) is 0 Å². The lowest BCUT2D eigenvalue weighted by atomic mass is 10.1. The zero-order valence-electron chi connectivity index (χ0n) is 9.74. The summed E-state index contributed by atoms with van der Waals surface area (Å²) in [6.07, 6.45) is 0.892. The molecule has 0 amide bonds. The van der Waals surface area contributed by atoms with Gasteiger partial charge in [-0.3, -0.25) is 0 Å². The Labute approximate surface area is 99.5 Å². The molecule has 1 aliphatic heterocycles. The van der Waals surface area contributed by atoms with E-state index in [0.29, 0.717) is 25.4 Å². The van der Waals surface area contributed by atoms with Crippen LogP contribution in [0.4, 0.5) is 4.39 Å². The minimum Gasteiger partial charge on any atom is -0.462 e. The van der Waals surface area contributed by atoms with Crippen LogP contribution in [0, 0.1) is 18.7 Å². The van der Waals surface area contributed by atoms with E-state index < -0.39 is 11.8 Å². The highest BCUT2D eigenvalue weighted by atomic mass is 19.1. The molecule has 1 aromatic rings. The SMILES string of the molecule is Cc1cccc(C(=O)OCC2CCOC2)c1F. The standard InChI is InChI=1S/C13H15FO3/c1-9-3-2-4-11(12(9)14)13(15)17-8-10-5-6-16-7-10/h2-4,10H,5-8H2,1H3. The van der Waals surface area contributed by atoms with Gasteiger partial charge in [-0.05, 0) is 25.0 Å². The van der Waals surface area contributed by atoms with Gasteiger partial charge in [0.25, 0.3) is 0 Å². The summed E-state index contributed by atoms with van der Waals surface area (Å²) in [5.74, 6) is -0.856. The van der Waals surface area contributed by atoms with Gasteiger partial charge in [-0.15, -0.1) is 0 Å². The Morgan fingerprint density at radius 3 is 3.12 bits per heavy atom.